The van der Waals surface area contributed by atoms with E-state index in [1.54, 1.807) is 19.2 Å². The zero-order valence-electron chi connectivity index (χ0n) is 10.2. The summed E-state index contributed by atoms with van der Waals surface area (Å²) in [5, 5.41) is 4.90. The van der Waals surface area contributed by atoms with Gasteiger partial charge in [-0.3, -0.25) is 9.59 Å². The summed E-state index contributed by atoms with van der Waals surface area (Å²) in [6, 6.07) is 7.21. The Morgan fingerprint density at radius 1 is 1.17 bits per heavy atom. The molecule has 1 aromatic carbocycles. The van der Waals surface area contributed by atoms with Gasteiger partial charge in [-0.2, -0.15) is 0 Å². The van der Waals surface area contributed by atoms with Gasteiger partial charge >= 0.3 is 11.8 Å². The van der Waals surface area contributed by atoms with Gasteiger partial charge in [-0.25, -0.2) is 0 Å². The summed E-state index contributed by atoms with van der Waals surface area (Å²) < 4.78 is 5.01. The van der Waals surface area contributed by atoms with Gasteiger partial charge in [0.1, 0.15) is 5.75 Å². The minimum absolute atomic E-state index is 0.286. The van der Waals surface area contributed by atoms with E-state index in [-0.39, 0.29) is 6.54 Å². The lowest BCUT2D eigenvalue weighted by Gasteiger charge is -2.06. The normalized spacial score (nSPS) is 9.67. The molecule has 1 rings (SSSR count). The molecule has 0 aliphatic rings. The summed E-state index contributed by atoms with van der Waals surface area (Å²) in [5.74, 6) is -0.598. The van der Waals surface area contributed by atoms with Crippen molar-refractivity contribution in [1.82, 2.24) is 10.6 Å². The highest BCUT2D eigenvalue weighted by Gasteiger charge is 2.11. The van der Waals surface area contributed by atoms with Crippen LogP contribution in [-0.4, -0.2) is 32.0 Å². The number of hydrogen-bond donors (Lipinski definition) is 3. The third-order valence-electron chi connectivity index (χ3n) is 2.25. The number of hydrogen-bond acceptors (Lipinski definition) is 4. The number of carbonyl (C=O) groups excluding carboxylic acids is 2. The van der Waals surface area contributed by atoms with E-state index in [1.807, 2.05) is 12.1 Å². The molecule has 0 bridgehead atoms. The van der Waals surface area contributed by atoms with Gasteiger partial charge in [0.15, 0.2) is 0 Å². The molecule has 18 heavy (non-hydrogen) atoms. The molecule has 2 amide bonds. The van der Waals surface area contributed by atoms with Crippen molar-refractivity contribution in [3.05, 3.63) is 29.8 Å². The summed E-state index contributed by atoms with van der Waals surface area (Å²) in [6.45, 7) is 0.880. The Kier molecular flexibility index (Phi) is 5.66. The molecule has 1 aromatic rings. The highest BCUT2D eigenvalue weighted by atomic mass is 16.5. The summed E-state index contributed by atoms with van der Waals surface area (Å²) in [5.41, 5.74) is 6.10. The van der Waals surface area contributed by atoms with Gasteiger partial charge in [-0.05, 0) is 17.7 Å². The fourth-order valence-corrected chi connectivity index (χ4v) is 1.27. The largest absolute Gasteiger partial charge is 0.497 e. The molecule has 0 unspecified atom stereocenters. The third-order valence-corrected chi connectivity index (χ3v) is 2.25. The predicted molar refractivity (Wildman–Crippen MR) is 66.9 cm³/mol. The minimum atomic E-state index is -0.672. The molecule has 0 aliphatic carbocycles. The Morgan fingerprint density at radius 2 is 1.78 bits per heavy atom. The van der Waals surface area contributed by atoms with E-state index in [2.05, 4.69) is 10.6 Å². The Bertz CT molecular complexity index is 404. The molecule has 0 saturated heterocycles. The minimum Gasteiger partial charge on any atom is -0.497 e. The molecule has 0 atom stereocenters. The Morgan fingerprint density at radius 3 is 2.33 bits per heavy atom. The van der Waals surface area contributed by atoms with Gasteiger partial charge in [0.05, 0.1) is 7.11 Å². The van der Waals surface area contributed by atoms with Gasteiger partial charge in [0, 0.05) is 19.6 Å². The zero-order valence-corrected chi connectivity index (χ0v) is 10.2. The first-order valence-electron chi connectivity index (χ1n) is 5.56. The van der Waals surface area contributed by atoms with E-state index >= 15 is 0 Å². The van der Waals surface area contributed by atoms with Gasteiger partial charge in [0.25, 0.3) is 0 Å². The lowest BCUT2D eigenvalue weighted by Crippen LogP contribution is -2.41. The quantitative estimate of drug-likeness (QED) is 0.608. The number of methoxy groups -OCH3 is 1. The van der Waals surface area contributed by atoms with Gasteiger partial charge in [0.2, 0.25) is 0 Å². The van der Waals surface area contributed by atoms with E-state index in [0.717, 1.165) is 11.3 Å². The molecular weight excluding hydrogens is 234 g/mol. The Labute approximate surface area is 105 Å². The van der Waals surface area contributed by atoms with Crippen LogP contribution in [0.4, 0.5) is 0 Å². The summed E-state index contributed by atoms with van der Waals surface area (Å²) in [7, 11) is 1.58. The molecule has 0 aromatic heterocycles. The molecular formula is C12H17N3O3. The van der Waals surface area contributed by atoms with E-state index < -0.39 is 11.8 Å². The standard InChI is InChI=1S/C12H17N3O3/c1-18-10-4-2-9(3-5-10)8-15-12(17)11(16)14-7-6-13/h2-5H,6-8,13H2,1H3,(H,14,16)(H,15,17). The smallest absolute Gasteiger partial charge is 0.309 e. The molecule has 0 fully saturated rings. The van der Waals surface area contributed by atoms with E-state index in [0.29, 0.717) is 13.1 Å². The van der Waals surface area contributed by atoms with Crippen molar-refractivity contribution in [2.24, 2.45) is 5.73 Å². The van der Waals surface area contributed by atoms with Crippen LogP contribution in [0.2, 0.25) is 0 Å². The Balaban J connectivity index is 2.39. The molecule has 98 valence electrons. The van der Waals surface area contributed by atoms with Crippen LogP contribution in [0.1, 0.15) is 5.56 Å². The fourth-order valence-electron chi connectivity index (χ4n) is 1.27. The maximum absolute atomic E-state index is 11.4. The van der Waals surface area contributed by atoms with Crippen LogP contribution >= 0.6 is 0 Å². The van der Waals surface area contributed by atoms with Crippen LogP contribution in [0, 0.1) is 0 Å². The number of rotatable bonds is 5. The van der Waals surface area contributed by atoms with Crippen LogP contribution < -0.4 is 21.1 Å². The number of nitrogens with one attached hydrogen (secondary N) is 2. The molecule has 0 spiro atoms. The number of amides is 2. The number of nitrogens with two attached hydrogens (primary N) is 1. The summed E-state index contributed by atoms with van der Waals surface area (Å²) in [4.78, 5) is 22.6. The second kappa shape index (κ2) is 7.29. The van der Waals surface area contributed by atoms with Crippen molar-refractivity contribution in [3.63, 3.8) is 0 Å². The topological polar surface area (TPSA) is 93.4 Å². The molecule has 0 heterocycles. The first-order chi connectivity index (χ1) is 8.67. The highest BCUT2D eigenvalue weighted by Crippen LogP contribution is 2.10. The summed E-state index contributed by atoms with van der Waals surface area (Å²) >= 11 is 0. The van der Waals surface area contributed by atoms with Crippen LogP contribution in [-0.2, 0) is 16.1 Å². The molecule has 0 aliphatic heterocycles. The fraction of sp³-hybridized carbons (Fsp3) is 0.333. The maximum atomic E-state index is 11.4. The van der Waals surface area contributed by atoms with Crippen molar-refractivity contribution < 1.29 is 14.3 Å². The molecule has 6 nitrogen and oxygen atoms in total. The number of ether oxygens (including phenoxy) is 1. The first-order valence-corrected chi connectivity index (χ1v) is 5.56. The number of benzene rings is 1. The van der Waals surface area contributed by atoms with Crippen molar-refractivity contribution in [2.75, 3.05) is 20.2 Å². The van der Waals surface area contributed by atoms with E-state index in [4.69, 9.17) is 10.5 Å². The van der Waals surface area contributed by atoms with E-state index in [1.165, 1.54) is 0 Å². The zero-order chi connectivity index (χ0) is 13.4. The van der Waals surface area contributed by atoms with Crippen molar-refractivity contribution in [2.45, 2.75) is 6.54 Å². The van der Waals surface area contributed by atoms with Crippen LogP contribution in [0.3, 0.4) is 0 Å². The molecule has 0 saturated carbocycles. The number of carbonyl (C=O) groups is 2. The van der Waals surface area contributed by atoms with Gasteiger partial charge < -0.3 is 21.1 Å². The molecule has 6 heteroatoms. The van der Waals surface area contributed by atoms with Gasteiger partial charge in [-0.1, -0.05) is 12.1 Å². The van der Waals surface area contributed by atoms with Crippen molar-refractivity contribution in [3.8, 4) is 5.75 Å². The molecule has 0 radical (unpaired) electrons. The van der Waals surface area contributed by atoms with E-state index in [9.17, 15) is 9.59 Å². The average molecular weight is 251 g/mol. The van der Waals surface area contributed by atoms with Crippen LogP contribution in [0.25, 0.3) is 0 Å². The lowest BCUT2D eigenvalue weighted by molar-refractivity contribution is -0.139. The van der Waals surface area contributed by atoms with Gasteiger partial charge in [-0.15, -0.1) is 0 Å². The van der Waals surface area contributed by atoms with Crippen LogP contribution in [0.5, 0.6) is 5.75 Å². The second-order valence-corrected chi connectivity index (χ2v) is 3.58. The van der Waals surface area contributed by atoms with Crippen molar-refractivity contribution >= 4 is 11.8 Å². The van der Waals surface area contributed by atoms with Crippen molar-refractivity contribution in [1.29, 1.82) is 0 Å². The highest BCUT2D eigenvalue weighted by molar-refractivity contribution is 6.35. The summed E-state index contributed by atoms with van der Waals surface area (Å²) in [6.07, 6.45) is 0. The monoisotopic (exact) mass is 251 g/mol. The predicted octanol–water partition coefficient (Wildman–Crippen LogP) is -0.614. The average Bonchev–Trinajstić information content (AvgIpc) is 2.42. The first kappa shape index (κ1) is 14.0. The molecule has 4 N–H and O–H groups in total. The maximum Gasteiger partial charge on any atom is 0.309 e. The lowest BCUT2D eigenvalue weighted by atomic mass is 10.2. The Hall–Kier alpha value is -2.08. The SMILES string of the molecule is COc1ccc(CNC(=O)C(=O)NCCN)cc1. The second-order valence-electron chi connectivity index (χ2n) is 3.58. The third kappa shape index (κ3) is 4.42. The van der Waals surface area contributed by atoms with Crippen LogP contribution in [0.15, 0.2) is 24.3 Å².